The Hall–Kier alpha value is -1.88. The number of hydrogen-bond acceptors (Lipinski definition) is 2. The Morgan fingerprint density at radius 3 is 1.71 bits per heavy atom. The van der Waals surface area contributed by atoms with Gasteiger partial charge in [-0.25, -0.2) is 13.6 Å². The highest BCUT2D eigenvalue weighted by Gasteiger charge is 2.43. The molecule has 0 atom stereocenters. The first-order valence-corrected chi connectivity index (χ1v) is 9.64. The molecule has 2 aromatic carbocycles. The molecule has 5 heteroatoms. The van der Waals surface area contributed by atoms with Crippen molar-refractivity contribution in [1.82, 2.24) is 0 Å². The molecular formula is C19H16ClNO2S. The number of rotatable bonds is 3. The minimum absolute atomic E-state index is 0.128. The van der Waals surface area contributed by atoms with Crippen molar-refractivity contribution in [3.8, 4) is 0 Å². The smallest absolute Gasteiger partial charge is 0.225 e. The van der Waals surface area contributed by atoms with Crippen molar-refractivity contribution in [3.63, 3.8) is 0 Å². The largest absolute Gasteiger partial charge is 0.238 e. The molecule has 122 valence electrons. The normalized spacial score (nSPS) is 18.4. The third kappa shape index (κ3) is 2.81. The molecule has 0 saturated heterocycles. The first-order chi connectivity index (χ1) is 11.4. The van der Waals surface area contributed by atoms with Crippen LogP contribution in [0.15, 0.2) is 65.6 Å². The van der Waals surface area contributed by atoms with E-state index in [4.69, 9.17) is 16.7 Å². The summed E-state index contributed by atoms with van der Waals surface area (Å²) in [5.41, 5.74) is 4.59. The second-order valence-corrected chi connectivity index (χ2v) is 8.42. The molecular weight excluding hydrogens is 342 g/mol. The van der Waals surface area contributed by atoms with E-state index in [1.807, 2.05) is 36.4 Å². The van der Waals surface area contributed by atoms with Crippen molar-refractivity contribution < 1.29 is 8.42 Å². The molecule has 1 spiro atoms. The number of allylic oxidation sites excluding steroid dienone is 4. The molecule has 0 unspecified atom stereocenters. The molecule has 0 bridgehead atoms. The van der Waals surface area contributed by atoms with Crippen LogP contribution >= 0.6 is 11.6 Å². The van der Waals surface area contributed by atoms with Crippen molar-refractivity contribution in [2.24, 2.45) is 10.6 Å². The summed E-state index contributed by atoms with van der Waals surface area (Å²) in [5.74, 6) is 0. The van der Waals surface area contributed by atoms with E-state index in [2.05, 4.69) is 12.2 Å². The average Bonchev–Trinajstić information content (AvgIpc) is 3.19. The summed E-state index contributed by atoms with van der Waals surface area (Å²) in [4.78, 5) is 0.128. The van der Waals surface area contributed by atoms with Gasteiger partial charge in [0.05, 0.1) is 4.90 Å². The monoisotopic (exact) mass is 357 g/mol. The minimum Gasteiger partial charge on any atom is -0.225 e. The van der Waals surface area contributed by atoms with E-state index >= 15 is 0 Å². The number of nitrogens with two attached hydrogens (primary N) is 1. The Morgan fingerprint density at radius 1 is 0.833 bits per heavy atom. The summed E-state index contributed by atoms with van der Waals surface area (Å²) in [5, 5.41) is 5.89. The lowest BCUT2D eigenvalue weighted by molar-refractivity contribution is 0.598. The second-order valence-electron chi connectivity index (χ2n) is 6.43. The molecule has 4 rings (SSSR count). The molecule has 1 fully saturated rings. The van der Waals surface area contributed by atoms with Crippen molar-refractivity contribution in [1.29, 1.82) is 0 Å². The maximum Gasteiger partial charge on any atom is 0.238 e. The maximum absolute atomic E-state index is 11.4. The first kappa shape index (κ1) is 15.6. The van der Waals surface area contributed by atoms with E-state index < -0.39 is 10.0 Å². The fourth-order valence-corrected chi connectivity index (χ4v) is 3.78. The van der Waals surface area contributed by atoms with E-state index in [1.54, 1.807) is 12.1 Å². The van der Waals surface area contributed by atoms with E-state index in [1.165, 1.54) is 5.57 Å². The highest BCUT2D eigenvalue weighted by atomic mass is 35.5. The van der Waals surface area contributed by atoms with Crippen LogP contribution in [0, 0.1) is 5.41 Å². The van der Waals surface area contributed by atoms with E-state index in [-0.39, 0.29) is 10.3 Å². The quantitative estimate of drug-likeness (QED) is 0.892. The zero-order valence-corrected chi connectivity index (χ0v) is 14.4. The summed E-state index contributed by atoms with van der Waals surface area (Å²) in [7, 11) is -3.67. The fourth-order valence-electron chi connectivity index (χ4n) is 3.14. The average molecular weight is 358 g/mol. The lowest BCUT2D eigenvalue weighted by Crippen LogP contribution is -2.11. The highest BCUT2D eigenvalue weighted by Crippen LogP contribution is 2.57. The number of hydrogen-bond donors (Lipinski definition) is 1. The van der Waals surface area contributed by atoms with E-state index in [9.17, 15) is 8.42 Å². The molecule has 1 saturated carbocycles. The molecule has 0 radical (unpaired) electrons. The fraction of sp³-hybridized carbons (Fsp3) is 0.158. The Balaban J connectivity index is 1.76. The van der Waals surface area contributed by atoms with Gasteiger partial charge in [-0.2, -0.15) is 0 Å². The molecule has 0 aromatic heterocycles. The molecule has 3 nitrogen and oxygen atoms in total. The second kappa shape index (κ2) is 5.31. The van der Waals surface area contributed by atoms with Crippen LogP contribution in [0.1, 0.15) is 24.0 Å². The highest BCUT2D eigenvalue weighted by molar-refractivity contribution is 7.89. The maximum atomic E-state index is 11.4. The Kier molecular flexibility index (Phi) is 3.46. The molecule has 24 heavy (non-hydrogen) atoms. The number of sulfonamides is 1. The van der Waals surface area contributed by atoms with Crippen molar-refractivity contribution in [2.75, 3.05) is 0 Å². The zero-order chi connectivity index (χ0) is 16.9. The van der Waals surface area contributed by atoms with E-state index in [0.29, 0.717) is 5.02 Å². The number of benzene rings is 2. The number of halogens is 1. The van der Waals surface area contributed by atoms with Crippen LogP contribution < -0.4 is 5.14 Å². The molecule has 0 amide bonds. The Morgan fingerprint density at radius 2 is 1.29 bits per heavy atom. The summed E-state index contributed by atoms with van der Waals surface area (Å²) >= 11 is 6.00. The van der Waals surface area contributed by atoms with Crippen LogP contribution in [0.5, 0.6) is 0 Å². The van der Waals surface area contributed by atoms with Crippen molar-refractivity contribution in [2.45, 2.75) is 17.7 Å². The van der Waals surface area contributed by atoms with E-state index in [0.717, 1.165) is 29.5 Å². The van der Waals surface area contributed by atoms with Gasteiger partial charge in [0.15, 0.2) is 0 Å². The summed E-state index contributed by atoms with van der Waals surface area (Å²) in [6.45, 7) is 0. The Bertz CT molecular complexity index is 967. The zero-order valence-electron chi connectivity index (χ0n) is 12.9. The third-order valence-electron chi connectivity index (χ3n) is 4.63. The van der Waals surface area contributed by atoms with Crippen LogP contribution in [0.2, 0.25) is 5.02 Å². The summed E-state index contributed by atoms with van der Waals surface area (Å²) in [6, 6.07) is 14.6. The Labute approximate surface area is 146 Å². The predicted octanol–water partition coefficient (Wildman–Crippen LogP) is 4.25. The van der Waals surface area contributed by atoms with Gasteiger partial charge in [-0.05, 0) is 59.4 Å². The number of primary sulfonamides is 1. The summed E-state index contributed by atoms with van der Waals surface area (Å²) < 4.78 is 22.9. The van der Waals surface area contributed by atoms with Crippen LogP contribution in [0.25, 0.3) is 11.1 Å². The topological polar surface area (TPSA) is 60.2 Å². The third-order valence-corrected chi connectivity index (χ3v) is 5.81. The van der Waals surface area contributed by atoms with Crippen LogP contribution in [0.3, 0.4) is 0 Å². The van der Waals surface area contributed by atoms with Crippen LogP contribution in [-0.4, -0.2) is 8.42 Å². The SMILES string of the molecule is NS(=O)(=O)c1ccc(C2=CC3(C=C2c2ccc(Cl)cc2)CC3)cc1. The van der Waals surface area contributed by atoms with Gasteiger partial charge in [0.2, 0.25) is 10.0 Å². The van der Waals surface area contributed by atoms with Gasteiger partial charge in [0.1, 0.15) is 0 Å². The van der Waals surface area contributed by atoms with Crippen LogP contribution in [-0.2, 0) is 10.0 Å². The van der Waals surface area contributed by atoms with Gasteiger partial charge in [0, 0.05) is 10.4 Å². The minimum atomic E-state index is -3.67. The predicted molar refractivity (Wildman–Crippen MR) is 96.9 cm³/mol. The van der Waals surface area contributed by atoms with Gasteiger partial charge in [-0.3, -0.25) is 0 Å². The summed E-state index contributed by atoms with van der Waals surface area (Å²) in [6.07, 6.45) is 6.92. The lowest BCUT2D eigenvalue weighted by Gasteiger charge is -2.10. The van der Waals surface area contributed by atoms with Crippen molar-refractivity contribution in [3.05, 3.63) is 76.8 Å². The molecule has 2 aromatic rings. The van der Waals surface area contributed by atoms with Gasteiger partial charge in [-0.1, -0.05) is 48.0 Å². The first-order valence-electron chi connectivity index (χ1n) is 7.72. The molecule has 2 aliphatic rings. The van der Waals surface area contributed by atoms with Gasteiger partial charge in [-0.15, -0.1) is 0 Å². The van der Waals surface area contributed by atoms with Gasteiger partial charge in [0.25, 0.3) is 0 Å². The molecule has 0 aliphatic heterocycles. The molecule has 2 N–H and O–H groups in total. The molecule has 0 heterocycles. The lowest BCUT2D eigenvalue weighted by atomic mass is 9.95. The standard InChI is InChI=1S/C19H16ClNO2S/c20-15-5-1-13(2-6-15)17-11-19(9-10-19)12-18(17)14-3-7-16(8-4-14)24(21,22)23/h1-8,11-12H,9-10H2,(H2,21,22,23). The van der Waals surface area contributed by atoms with Gasteiger partial charge < -0.3 is 0 Å². The van der Waals surface area contributed by atoms with Gasteiger partial charge >= 0.3 is 0 Å². The van der Waals surface area contributed by atoms with Crippen LogP contribution in [0.4, 0.5) is 0 Å². The van der Waals surface area contributed by atoms with Crippen molar-refractivity contribution >= 4 is 32.8 Å². The molecule has 2 aliphatic carbocycles.